The summed E-state index contributed by atoms with van der Waals surface area (Å²) in [4.78, 5) is 59.3. The summed E-state index contributed by atoms with van der Waals surface area (Å²) in [6.07, 6.45) is -16.1. The van der Waals surface area contributed by atoms with Gasteiger partial charge in [0.05, 0.1) is 7.11 Å². The molecular weight excluding hydrogens is 520 g/mol. The van der Waals surface area contributed by atoms with Gasteiger partial charge in [-0.1, -0.05) is 0 Å². The van der Waals surface area contributed by atoms with Crippen LogP contribution < -0.4 is 0 Å². The third-order valence-corrected chi connectivity index (χ3v) is 5.45. The number of aliphatic hydroxyl groups is 2. The second-order valence-corrected chi connectivity index (χ2v) is 8.33. The largest absolute Gasteiger partial charge is 0.467 e. The topological polar surface area (TPSA) is 209 Å². The summed E-state index contributed by atoms with van der Waals surface area (Å²) in [5.41, 5.74) is 0. The predicted molar refractivity (Wildman–Crippen MR) is 117 cm³/mol. The van der Waals surface area contributed by atoms with Crippen molar-refractivity contribution < 1.29 is 76.8 Å². The Hall–Kier alpha value is -2.89. The summed E-state index contributed by atoms with van der Waals surface area (Å²) >= 11 is 0. The minimum atomic E-state index is -1.87. The van der Waals surface area contributed by atoms with E-state index in [-0.39, 0.29) is 0 Å². The van der Waals surface area contributed by atoms with Crippen LogP contribution in [-0.2, 0) is 66.6 Å². The van der Waals surface area contributed by atoms with Crippen LogP contribution in [0.3, 0.4) is 0 Å². The molecule has 16 nitrogen and oxygen atoms in total. The van der Waals surface area contributed by atoms with Gasteiger partial charge in [-0.15, -0.1) is 0 Å². The van der Waals surface area contributed by atoms with Gasteiger partial charge in [0.2, 0.25) is 0 Å². The monoisotopic (exact) mass is 552 g/mol. The molecule has 0 aromatic carbocycles. The van der Waals surface area contributed by atoms with Crippen molar-refractivity contribution in [1.29, 1.82) is 0 Å². The fourth-order valence-corrected chi connectivity index (χ4v) is 3.96. The van der Waals surface area contributed by atoms with Crippen LogP contribution in [0.5, 0.6) is 0 Å². The van der Waals surface area contributed by atoms with Crippen LogP contribution in [0.2, 0.25) is 0 Å². The predicted octanol–water partition coefficient (Wildman–Crippen LogP) is -2.28. The van der Waals surface area contributed by atoms with Crippen molar-refractivity contribution in [2.24, 2.45) is 0 Å². The molecule has 2 rings (SSSR count). The zero-order valence-corrected chi connectivity index (χ0v) is 21.6. The summed E-state index contributed by atoms with van der Waals surface area (Å²) in [7, 11) is 2.21. The van der Waals surface area contributed by atoms with E-state index in [1.54, 1.807) is 0 Å². The Bertz CT molecular complexity index is 875. The number of hydrogen-bond acceptors (Lipinski definition) is 16. The molecule has 0 aliphatic carbocycles. The van der Waals surface area contributed by atoms with Gasteiger partial charge in [-0.05, 0) is 0 Å². The second-order valence-electron chi connectivity index (χ2n) is 8.33. The Morgan fingerprint density at radius 1 is 0.684 bits per heavy atom. The molecule has 16 heteroatoms. The molecule has 2 N–H and O–H groups in total. The van der Waals surface area contributed by atoms with Crippen LogP contribution in [0.15, 0.2) is 0 Å². The van der Waals surface area contributed by atoms with E-state index in [4.69, 9.17) is 42.6 Å². The van der Waals surface area contributed by atoms with Gasteiger partial charge in [0.15, 0.2) is 37.0 Å². The highest BCUT2D eigenvalue weighted by Gasteiger charge is 2.56. The zero-order valence-electron chi connectivity index (χ0n) is 21.6. The first kappa shape index (κ1) is 31.3. The van der Waals surface area contributed by atoms with Crippen LogP contribution >= 0.6 is 0 Å². The zero-order chi connectivity index (χ0) is 28.7. The lowest BCUT2D eigenvalue weighted by Crippen LogP contribution is -2.66. The maximum Gasteiger partial charge on any atom is 0.338 e. The number of carbonyl (C=O) groups excluding carboxylic acids is 5. The average Bonchev–Trinajstić information content (AvgIpc) is 2.83. The highest BCUT2D eigenvalue weighted by atomic mass is 16.8. The molecule has 10 atom stereocenters. The van der Waals surface area contributed by atoms with Crippen molar-refractivity contribution in [2.45, 2.75) is 89.1 Å². The van der Waals surface area contributed by atoms with Gasteiger partial charge in [-0.3, -0.25) is 19.2 Å². The van der Waals surface area contributed by atoms with Gasteiger partial charge in [0.1, 0.15) is 31.0 Å². The highest BCUT2D eigenvalue weighted by Crippen LogP contribution is 2.33. The van der Waals surface area contributed by atoms with E-state index in [1.165, 1.54) is 7.11 Å². The number of aliphatic hydroxyl groups excluding tert-OH is 2. The van der Waals surface area contributed by atoms with Gasteiger partial charge < -0.3 is 52.8 Å². The highest BCUT2D eigenvalue weighted by molar-refractivity contribution is 5.76. The van der Waals surface area contributed by atoms with E-state index in [9.17, 15) is 34.2 Å². The van der Waals surface area contributed by atoms with Crippen LogP contribution in [0.25, 0.3) is 0 Å². The van der Waals surface area contributed by atoms with E-state index in [1.807, 2.05) is 0 Å². The number of carbonyl (C=O) groups is 5. The molecule has 0 aromatic heterocycles. The maximum absolute atomic E-state index is 12.5. The van der Waals surface area contributed by atoms with Crippen LogP contribution in [0.4, 0.5) is 0 Å². The molecule has 2 heterocycles. The Balaban J connectivity index is 2.48. The molecule has 0 aromatic rings. The SMILES string of the molecule is COC(=O)[C@H]1O[C@H](OC)[C@H](O)[C@@H](OC(C)=O)[C@@H]1O[C@H]1O[C@H](COC(C)=O)[C@@H](OC(C)=O)[C@H](OC(C)=O)[C@H]1O. The molecule has 0 bridgehead atoms. The summed E-state index contributed by atoms with van der Waals surface area (Å²) in [6, 6.07) is 0. The van der Waals surface area contributed by atoms with Gasteiger partial charge in [0.25, 0.3) is 0 Å². The van der Waals surface area contributed by atoms with Crippen LogP contribution in [0, 0.1) is 0 Å². The van der Waals surface area contributed by atoms with Gasteiger partial charge in [-0.2, -0.15) is 0 Å². The standard InChI is InChI=1S/C22H32O16/c1-8(23)32-7-12-15(33-9(2)24)16(34-10(3)25)14(28)22(36-12)37-18-17(35-11(4)26)13(27)21(31-6)38-19(18)20(29)30-5/h12-19,21-22,27-28H,7H2,1-6H3/t12-,13-,14-,15-,16-,17-,18+,19+,21+,22-/m1/s1. The van der Waals surface area contributed by atoms with Crippen LogP contribution in [-0.4, -0.2) is 122 Å². The fourth-order valence-electron chi connectivity index (χ4n) is 3.96. The molecule has 2 saturated heterocycles. The third-order valence-electron chi connectivity index (χ3n) is 5.45. The Morgan fingerprint density at radius 3 is 1.66 bits per heavy atom. The number of esters is 5. The average molecular weight is 552 g/mol. The first-order chi connectivity index (χ1) is 17.8. The quantitative estimate of drug-likeness (QED) is 0.228. The molecule has 2 fully saturated rings. The Labute approximate surface area is 217 Å². The molecule has 0 amide bonds. The normalized spacial score (nSPS) is 34.9. The number of methoxy groups -OCH3 is 2. The van der Waals surface area contributed by atoms with Crippen LogP contribution in [0.1, 0.15) is 27.7 Å². The molecule has 2 aliphatic heterocycles. The fraction of sp³-hybridized carbons (Fsp3) is 0.773. The van der Waals surface area contributed by atoms with E-state index < -0.39 is 97.9 Å². The molecular formula is C22H32O16. The van der Waals surface area contributed by atoms with Crippen molar-refractivity contribution in [3.05, 3.63) is 0 Å². The van der Waals surface area contributed by atoms with Crippen molar-refractivity contribution >= 4 is 29.8 Å². The summed E-state index contributed by atoms with van der Waals surface area (Å²) in [5, 5.41) is 21.7. The van der Waals surface area contributed by atoms with Gasteiger partial charge >= 0.3 is 29.8 Å². The summed E-state index contributed by atoms with van der Waals surface area (Å²) in [5.74, 6) is -4.31. The molecule has 216 valence electrons. The lowest BCUT2D eigenvalue weighted by Gasteiger charge is -2.47. The van der Waals surface area contributed by atoms with E-state index in [0.29, 0.717) is 0 Å². The third kappa shape index (κ3) is 7.81. The number of rotatable bonds is 9. The van der Waals surface area contributed by atoms with Gasteiger partial charge in [0, 0.05) is 34.8 Å². The summed E-state index contributed by atoms with van der Waals surface area (Å²) in [6.45, 7) is 3.70. The van der Waals surface area contributed by atoms with E-state index in [2.05, 4.69) is 0 Å². The Kier molecular flexibility index (Phi) is 11.4. The molecule has 0 saturated carbocycles. The van der Waals surface area contributed by atoms with Crippen molar-refractivity contribution in [2.75, 3.05) is 20.8 Å². The minimum absolute atomic E-state index is 0.527. The minimum Gasteiger partial charge on any atom is -0.467 e. The Morgan fingerprint density at radius 2 is 1.18 bits per heavy atom. The summed E-state index contributed by atoms with van der Waals surface area (Å²) < 4.78 is 47.2. The molecule has 0 unspecified atom stereocenters. The number of ether oxygens (including phenoxy) is 9. The first-order valence-corrected chi connectivity index (χ1v) is 11.4. The molecule has 0 spiro atoms. The number of hydrogen-bond donors (Lipinski definition) is 2. The maximum atomic E-state index is 12.5. The lowest BCUT2D eigenvalue weighted by molar-refractivity contribution is -0.353. The van der Waals surface area contributed by atoms with E-state index >= 15 is 0 Å². The van der Waals surface area contributed by atoms with Gasteiger partial charge in [-0.25, -0.2) is 4.79 Å². The molecule has 38 heavy (non-hydrogen) atoms. The molecule has 0 radical (unpaired) electrons. The van der Waals surface area contributed by atoms with Crippen molar-refractivity contribution in [3.63, 3.8) is 0 Å². The second kappa shape index (κ2) is 13.8. The first-order valence-electron chi connectivity index (χ1n) is 11.4. The molecule has 2 aliphatic rings. The van der Waals surface area contributed by atoms with E-state index in [0.717, 1.165) is 34.8 Å². The smallest absolute Gasteiger partial charge is 0.338 e. The van der Waals surface area contributed by atoms with Crippen molar-refractivity contribution in [1.82, 2.24) is 0 Å². The van der Waals surface area contributed by atoms with Crippen molar-refractivity contribution in [3.8, 4) is 0 Å². The lowest BCUT2D eigenvalue weighted by atomic mass is 9.96.